The Morgan fingerprint density at radius 2 is 1.81 bits per heavy atom. The van der Waals surface area contributed by atoms with Crippen LogP contribution in [0.3, 0.4) is 0 Å². The molecule has 7 heteroatoms. The van der Waals surface area contributed by atoms with Crippen LogP contribution >= 0.6 is 11.6 Å². The molecule has 2 aromatic carbocycles. The highest BCUT2D eigenvalue weighted by Crippen LogP contribution is 2.26. The summed E-state index contributed by atoms with van der Waals surface area (Å²) in [4.78, 5) is 11.5. The zero-order valence-electron chi connectivity index (χ0n) is 11.0. The van der Waals surface area contributed by atoms with Gasteiger partial charge in [-0.15, -0.1) is 11.6 Å². The van der Waals surface area contributed by atoms with Gasteiger partial charge in [0, 0.05) is 5.39 Å². The molecule has 0 spiro atoms. The third kappa shape index (κ3) is 3.72. The predicted molar refractivity (Wildman–Crippen MR) is 79.1 cm³/mol. The average Bonchev–Trinajstić information content (AvgIpc) is 2.44. The van der Waals surface area contributed by atoms with E-state index in [0.717, 1.165) is 0 Å². The van der Waals surface area contributed by atoms with Crippen LogP contribution in [0, 0.1) is 0 Å². The summed E-state index contributed by atoms with van der Waals surface area (Å²) in [6.45, 7) is 0.126. The second-order valence-corrected chi connectivity index (χ2v) is 6.10. The zero-order valence-corrected chi connectivity index (χ0v) is 12.5. The number of alkyl halides is 1. The monoisotopic (exact) mass is 328 g/mol. The number of fused-ring (bicyclic) bond motifs is 1. The molecule has 0 aromatic heterocycles. The molecule has 0 radical (unpaired) electrons. The van der Waals surface area contributed by atoms with Gasteiger partial charge in [-0.3, -0.25) is 9.35 Å². The second-order valence-electron chi connectivity index (χ2n) is 4.33. The maximum Gasteiger partial charge on any atom is 0.310 e. The molecule has 0 unspecified atom stereocenters. The van der Waals surface area contributed by atoms with Gasteiger partial charge in [0.2, 0.25) is 0 Å². The first-order valence-electron chi connectivity index (χ1n) is 6.13. The molecular formula is C14H13ClO5S. The van der Waals surface area contributed by atoms with Crippen LogP contribution in [-0.4, -0.2) is 31.4 Å². The molecule has 2 aromatic rings. The van der Waals surface area contributed by atoms with Gasteiger partial charge in [-0.2, -0.15) is 8.42 Å². The van der Waals surface area contributed by atoms with Crippen molar-refractivity contribution in [3.63, 3.8) is 0 Å². The highest BCUT2D eigenvalue weighted by Gasteiger charge is 2.16. The molecule has 0 saturated carbocycles. The molecule has 5 nitrogen and oxygen atoms in total. The number of benzene rings is 2. The summed E-state index contributed by atoms with van der Waals surface area (Å²) < 4.78 is 36.9. The zero-order chi connectivity index (χ0) is 15.5. The molecule has 0 heterocycles. The number of hydrogen-bond donors (Lipinski definition) is 1. The summed E-state index contributed by atoms with van der Waals surface area (Å²) >= 11 is 5.44. The highest BCUT2D eigenvalue weighted by atomic mass is 35.5. The maximum absolute atomic E-state index is 11.6. The van der Waals surface area contributed by atoms with Crippen molar-refractivity contribution in [3.8, 4) is 0 Å². The van der Waals surface area contributed by atoms with Crippen molar-refractivity contribution in [3.05, 3.63) is 42.0 Å². The van der Waals surface area contributed by atoms with Crippen LogP contribution < -0.4 is 0 Å². The topological polar surface area (TPSA) is 80.7 Å². The first-order valence-corrected chi connectivity index (χ1v) is 8.10. The van der Waals surface area contributed by atoms with Crippen LogP contribution in [0.15, 0.2) is 41.3 Å². The predicted octanol–water partition coefficient (Wildman–Crippen LogP) is 2.41. The Kier molecular flexibility index (Phi) is 4.82. The molecule has 0 atom stereocenters. The van der Waals surface area contributed by atoms with Gasteiger partial charge < -0.3 is 4.74 Å². The quantitative estimate of drug-likeness (QED) is 0.518. The number of hydrogen-bond acceptors (Lipinski definition) is 4. The van der Waals surface area contributed by atoms with E-state index in [0.29, 0.717) is 16.3 Å². The molecule has 0 saturated heterocycles. The first-order chi connectivity index (χ1) is 9.93. The van der Waals surface area contributed by atoms with E-state index in [1.807, 2.05) is 0 Å². The first kappa shape index (κ1) is 15.8. The van der Waals surface area contributed by atoms with E-state index >= 15 is 0 Å². The Morgan fingerprint density at radius 1 is 1.14 bits per heavy atom. The molecule has 0 bridgehead atoms. The lowest BCUT2D eigenvalue weighted by atomic mass is 10.0. The molecule has 1 N–H and O–H groups in total. The van der Waals surface area contributed by atoms with Crippen LogP contribution in [0.1, 0.15) is 5.56 Å². The second kappa shape index (κ2) is 6.43. The number of halogens is 1. The molecule has 0 amide bonds. The van der Waals surface area contributed by atoms with Gasteiger partial charge in [0.05, 0.1) is 12.3 Å². The third-order valence-electron chi connectivity index (χ3n) is 2.93. The van der Waals surface area contributed by atoms with Crippen LogP contribution in [-0.2, 0) is 26.1 Å². The highest BCUT2D eigenvalue weighted by molar-refractivity contribution is 7.86. The van der Waals surface area contributed by atoms with Crippen molar-refractivity contribution < 1.29 is 22.5 Å². The molecule has 0 aliphatic carbocycles. The number of esters is 1. The van der Waals surface area contributed by atoms with E-state index in [2.05, 4.69) is 0 Å². The van der Waals surface area contributed by atoms with Crippen molar-refractivity contribution in [1.82, 2.24) is 0 Å². The SMILES string of the molecule is O=C(Cc1ccc(S(=O)(=O)O)c2ccccc12)OCCCl. The molecule has 0 aliphatic heterocycles. The largest absolute Gasteiger partial charge is 0.464 e. The summed E-state index contributed by atoms with van der Waals surface area (Å²) in [5.74, 6) is -0.228. The van der Waals surface area contributed by atoms with E-state index in [1.165, 1.54) is 12.1 Å². The van der Waals surface area contributed by atoms with Gasteiger partial charge in [0.1, 0.15) is 11.5 Å². The minimum Gasteiger partial charge on any atom is -0.464 e. The van der Waals surface area contributed by atoms with Gasteiger partial charge in [-0.25, -0.2) is 0 Å². The van der Waals surface area contributed by atoms with E-state index in [1.54, 1.807) is 24.3 Å². The Hall–Kier alpha value is -1.63. The van der Waals surface area contributed by atoms with Crippen LogP contribution in [0.25, 0.3) is 10.8 Å². The number of carbonyl (C=O) groups excluding carboxylic acids is 1. The molecule has 21 heavy (non-hydrogen) atoms. The fourth-order valence-corrected chi connectivity index (χ4v) is 2.84. The fourth-order valence-electron chi connectivity index (χ4n) is 2.07. The lowest BCUT2D eigenvalue weighted by molar-refractivity contribution is -0.142. The van der Waals surface area contributed by atoms with Gasteiger partial charge in [-0.05, 0) is 17.0 Å². The van der Waals surface area contributed by atoms with Crippen molar-refractivity contribution in [2.45, 2.75) is 11.3 Å². The van der Waals surface area contributed by atoms with E-state index in [9.17, 15) is 17.8 Å². The van der Waals surface area contributed by atoms with E-state index in [-0.39, 0.29) is 23.8 Å². The summed E-state index contributed by atoms with van der Waals surface area (Å²) in [5, 5.41) is 0.943. The molecule has 0 aliphatic rings. The third-order valence-corrected chi connectivity index (χ3v) is 3.99. The smallest absolute Gasteiger partial charge is 0.310 e. The standard InChI is InChI=1S/C14H13ClO5S/c15-7-8-20-14(16)9-10-5-6-13(21(17,18)19)12-4-2-1-3-11(10)12/h1-6H,7-9H2,(H,17,18,19). The molecule has 0 fully saturated rings. The van der Waals surface area contributed by atoms with Gasteiger partial charge in [0.15, 0.2) is 0 Å². The fraction of sp³-hybridized carbons (Fsp3) is 0.214. The lowest BCUT2D eigenvalue weighted by Gasteiger charge is -2.09. The van der Waals surface area contributed by atoms with Gasteiger partial charge in [-0.1, -0.05) is 30.3 Å². The Bertz CT molecular complexity index is 770. The summed E-state index contributed by atoms with van der Waals surface area (Å²) in [7, 11) is -4.32. The van der Waals surface area contributed by atoms with Crippen LogP contribution in [0.5, 0.6) is 0 Å². The Balaban J connectivity index is 2.46. The van der Waals surface area contributed by atoms with Crippen LogP contribution in [0.4, 0.5) is 0 Å². The van der Waals surface area contributed by atoms with Crippen molar-refractivity contribution in [2.75, 3.05) is 12.5 Å². The van der Waals surface area contributed by atoms with Crippen molar-refractivity contribution >= 4 is 38.5 Å². The molecule has 2 rings (SSSR count). The Labute approximate surface area is 127 Å². The minimum atomic E-state index is -4.32. The normalized spacial score (nSPS) is 11.5. The minimum absolute atomic E-state index is 0.00313. The molecule has 112 valence electrons. The molecular weight excluding hydrogens is 316 g/mol. The average molecular weight is 329 g/mol. The maximum atomic E-state index is 11.6. The van der Waals surface area contributed by atoms with Gasteiger partial charge in [0.25, 0.3) is 10.1 Å². The van der Waals surface area contributed by atoms with E-state index in [4.69, 9.17) is 16.3 Å². The lowest BCUT2D eigenvalue weighted by Crippen LogP contribution is -2.10. The summed E-state index contributed by atoms with van der Waals surface area (Å²) in [6.07, 6.45) is 0.00313. The van der Waals surface area contributed by atoms with E-state index < -0.39 is 16.1 Å². The van der Waals surface area contributed by atoms with Crippen LogP contribution in [0.2, 0.25) is 0 Å². The van der Waals surface area contributed by atoms with Crippen molar-refractivity contribution in [2.24, 2.45) is 0 Å². The Morgan fingerprint density at radius 3 is 2.43 bits per heavy atom. The summed E-state index contributed by atoms with van der Waals surface area (Å²) in [5.41, 5.74) is 0.623. The number of carbonyl (C=O) groups is 1. The number of rotatable bonds is 5. The van der Waals surface area contributed by atoms with Gasteiger partial charge >= 0.3 is 5.97 Å². The number of ether oxygens (including phenoxy) is 1. The summed E-state index contributed by atoms with van der Waals surface area (Å²) in [6, 6.07) is 9.42. The van der Waals surface area contributed by atoms with Crippen molar-refractivity contribution in [1.29, 1.82) is 0 Å².